The Morgan fingerprint density at radius 1 is 0.529 bits per heavy atom. The molecule has 166 valence electrons. The molecule has 0 amide bonds. The molecule has 2 nitrogen and oxygen atoms in total. The number of carbonyl (C=O) groups is 2. The topological polar surface area (TPSA) is 34.1 Å². The number of fused-ring (bicyclic) bond motifs is 1. The van der Waals surface area contributed by atoms with E-state index in [0.29, 0.717) is 22.3 Å². The predicted molar refractivity (Wildman–Crippen MR) is 147 cm³/mol. The molecular weight excluding hydrogens is 497 g/mol. The standard InChI is InChI=1S/C28H18O2S4/c1-15-19(13-23(33-15)21-9-5-11-31-21)25-26(28(30)18-8-4-3-7-17(18)27(25)29)20-14-24(34-16(20)2)22-10-6-12-32-22/h3-14H,1-2H3. The van der Waals surface area contributed by atoms with Gasteiger partial charge in [0, 0.05) is 62.7 Å². The van der Waals surface area contributed by atoms with Crippen LogP contribution in [-0.4, -0.2) is 11.6 Å². The zero-order valence-corrected chi connectivity index (χ0v) is 21.6. The third-order valence-corrected chi connectivity index (χ3v) is 10.3. The molecule has 0 saturated heterocycles. The van der Waals surface area contributed by atoms with E-state index in [0.717, 1.165) is 30.6 Å². The summed E-state index contributed by atoms with van der Waals surface area (Å²) in [6.45, 7) is 4.08. The first-order valence-electron chi connectivity index (χ1n) is 10.7. The number of Topliss-reactive ketones (excluding diaryl/α,β-unsaturated/α-hetero) is 2. The van der Waals surface area contributed by atoms with Crippen LogP contribution in [0, 0.1) is 13.8 Å². The van der Waals surface area contributed by atoms with E-state index >= 15 is 0 Å². The van der Waals surface area contributed by atoms with Gasteiger partial charge in [0.05, 0.1) is 0 Å². The van der Waals surface area contributed by atoms with Crippen molar-refractivity contribution in [3.63, 3.8) is 0 Å². The Bertz CT molecular complexity index is 1470. The van der Waals surface area contributed by atoms with Gasteiger partial charge in [0.15, 0.2) is 11.6 Å². The summed E-state index contributed by atoms with van der Waals surface area (Å²) in [6, 6.07) is 19.6. The highest BCUT2D eigenvalue weighted by Gasteiger charge is 2.36. The fourth-order valence-electron chi connectivity index (χ4n) is 4.43. The highest BCUT2D eigenvalue weighted by molar-refractivity contribution is 7.22. The quantitative estimate of drug-likeness (QED) is 0.240. The lowest BCUT2D eigenvalue weighted by molar-refractivity contribution is 0.101. The summed E-state index contributed by atoms with van der Waals surface area (Å²) < 4.78 is 0. The van der Waals surface area contributed by atoms with Gasteiger partial charge in [-0.3, -0.25) is 9.59 Å². The number of ketones is 2. The summed E-state index contributed by atoms with van der Waals surface area (Å²) in [6.07, 6.45) is 0. The van der Waals surface area contributed by atoms with Gasteiger partial charge in [-0.05, 0) is 48.9 Å². The summed E-state index contributed by atoms with van der Waals surface area (Å²) >= 11 is 6.71. The molecule has 6 heteroatoms. The Morgan fingerprint density at radius 2 is 0.971 bits per heavy atom. The van der Waals surface area contributed by atoms with Gasteiger partial charge in [-0.25, -0.2) is 0 Å². The predicted octanol–water partition coefficient (Wildman–Crippen LogP) is 8.87. The van der Waals surface area contributed by atoms with Gasteiger partial charge in [0.2, 0.25) is 0 Å². The molecule has 6 rings (SSSR count). The van der Waals surface area contributed by atoms with Crippen molar-refractivity contribution < 1.29 is 9.59 Å². The van der Waals surface area contributed by atoms with E-state index < -0.39 is 0 Å². The third-order valence-electron chi connectivity index (χ3n) is 6.02. The second-order valence-electron chi connectivity index (χ2n) is 8.07. The average Bonchev–Trinajstić information content (AvgIpc) is 3.64. The third kappa shape index (κ3) is 3.41. The van der Waals surface area contributed by atoms with Crippen molar-refractivity contribution in [2.45, 2.75) is 13.8 Å². The Labute approximate surface area is 213 Å². The summed E-state index contributed by atoms with van der Waals surface area (Å²) in [5.41, 5.74) is 3.75. The molecule has 0 unspecified atom stereocenters. The number of benzene rings is 1. The summed E-state index contributed by atoms with van der Waals surface area (Å²) in [4.78, 5) is 34.6. The van der Waals surface area contributed by atoms with Crippen LogP contribution in [0.3, 0.4) is 0 Å². The smallest absolute Gasteiger partial charge is 0.195 e. The van der Waals surface area contributed by atoms with E-state index in [1.807, 2.05) is 38.1 Å². The van der Waals surface area contributed by atoms with Crippen LogP contribution in [0.25, 0.3) is 30.7 Å². The summed E-state index contributed by atoms with van der Waals surface area (Å²) in [5.74, 6) is -0.154. The van der Waals surface area contributed by atoms with Crippen molar-refractivity contribution in [3.8, 4) is 19.5 Å². The van der Waals surface area contributed by atoms with E-state index in [1.165, 1.54) is 9.75 Å². The lowest BCUT2D eigenvalue weighted by atomic mass is 9.78. The van der Waals surface area contributed by atoms with Crippen LogP contribution < -0.4 is 0 Å². The molecule has 0 fully saturated rings. The van der Waals surface area contributed by atoms with E-state index in [9.17, 15) is 9.59 Å². The number of thiophene rings is 4. The second-order valence-corrected chi connectivity index (χ2v) is 12.5. The first-order valence-corrected chi connectivity index (χ1v) is 14.1. The molecule has 1 aliphatic carbocycles. The van der Waals surface area contributed by atoms with E-state index in [4.69, 9.17) is 0 Å². The van der Waals surface area contributed by atoms with Crippen molar-refractivity contribution in [3.05, 3.63) is 103 Å². The molecule has 0 bridgehead atoms. The minimum Gasteiger partial charge on any atom is -0.289 e. The number of hydrogen-bond acceptors (Lipinski definition) is 6. The lowest BCUT2D eigenvalue weighted by Crippen LogP contribution is -2.21. The zero-order chi connectivity index (χ0) is 23.4. The molecule has 0 saturated carbocycles. The number of hydrogen-bond donors (Lipinski definition) is 0. The molecule has 1 aromatic carbocycles. The Morgan fingerprint density at radius 3 is 1.35 bits per heavy atom. The van der Waals surface area contributed by atoms with Gasteiger partial charge in [0.25, 0.3) is 0 Å². The fourth-order valence-corrected chi connectivity index (χ4v) is 8.13. The van der Waals surface area contributed by atoms with Crippen LogP contribution in [0.1, 0.15) is 41.6 Å². The highest BCUT2D eigenvalue weighted by Crippen LogP contribution is 2.46. The SMILES string of the molecule is Cc1sc(-c2cccs2)cc1C1=C(c2cc(-c3cccs3)sc2C)C(=O)c2ccccc2C1=O. The van der Waals surface area contributed by atoms with Gasteiger partial charge >= 0.3 is 0 Å². The molecular formula is C28H18O2S4. The van der Waals surface area contributed by atoms with Gasteiger partial charge in [-0.15, -0.1) is 45.3 Å². The molecule has 0 radical (unpaired) electrons. The number of allylic oxidation sites excluding steroid dienone is 2. The molecule has 0 N–H and O–H groups in total. The maximum Gasteiger partial charge on any atom is 0.195 e. The number of aryl methyl sites for hydroxylation is 2. The van der Waals surface area contributed by atoms with E-state index in [2.05, 4.69) is 35.0 Å². The number of rotatable bonds is 4. The summed E-state index contributed by atoms with van der Waals surface area (Å²) in [7, 11) is 0. The van der Waals surface area contributed by atoms with Crippen LogP contribution in [0.15, 0.2) is 71.4 Å². The molecule has 0 aliphatic heterocycles. The molecule has 4 heterocycles. The molecule has 4 aromatic heterocycles. The van der Waals surface area contributed by atoms with Crippen molar-refractivity contribution in [2.24, 2.45) is 0 Å². The van der Waals surface area contributed by atoms with Crippen LogP contribution in [0.4, 0.5) is 0 Å². The normalized spacial score (nSPS) is 13.6. The van der Waals surface area contributed by atoms with E-state index in [-0.39, 0.29) is 11.6 Å². The Hall–Kier alpha value is -2.90. The average molecular weight is 515 g/mol. The summed E-state index contributed by atoms with van der Waals surface area (Å²) in [5, 5.41) is 4.11. The second kappa shape index (κ2) is 8.40. The van der Waals surface area contributed by atoms with Gasteiger partial charge in [0.1, 0.15) is 0 Å². The van der Waals surface area contributed by atoms with Crippen LogP contribution in [-0.2, 0) is 0 Å². The fraction of sp³-hybridized carbons (Fsp3) is 0.0714. The minimum absolute atomic E-state index is 0.0768. The van der Waals surface area contributed by atoms with Gasteiger partial charge in [-0.1, -0.05) is 36.4 Å². The molecule has 1 aliphatic rings. The molecule has 0 spiro atoms. The first kappa shape index (κ1) is 21.6. The Balaban J connectivity index is 1.62. The van der Waals surface area contributed by atoms with E-state index in [1.54, 1.807) is 57.5 Å². The maximum atomic E-state index is 13.9. The zero-order valence-electron chi connectivity index (χ0n) is 18.4. The highest BCUT2D eigenvalue weighted by atomic mass is 32.1. The van der Waals surface area contributed by atoms with Gasteiger partial charge < -0.3 is 0 Å². The van der Waals surface area contributed by atoms with Gasteiger partial charge in [-0.2, -0.15) is 0 Å². The van der Waals surface area contributed by atoms with Crippen LogP contribution in [0.5, 0.6) is 0 Å². The van der Waals surface area contributed by atoms with Crippen molar-refractivity contribution in [2.75, 3.05) is 0 Å². The van der Waals surface area contributed by atoms with Crippen LogP contribution >= 0.6 is 45.3 Å². The van der Waals surface area contributed by atoms with Crippen molar-refractivity contribution in [1.82, 2.24) is 0 Å². The minimum atomic E-state index is -0.0768. The molecule has 5 aromatic rings. The maximum absolute atomic E-state index is 13.9. The number of carbonyl (C=O) groups excluding carboxylic acids is 2. The first-order chi connectivity index (χ1) is 16.5. The van der Waals surface area contributed by atoms with Crippen LogP contribution in [0.2, 0.25) is 0 Å². The largest absolute Gasteiger partial charge is 0.289 e. The monoisotopic (exact) mass is 514 g/mol. The Kier molecular flexibility index (Phi) is 5.34. The lowest BCUT2D eigenvalue weighted by Gasteiger charge is -2.21. The van der Waals surface area contributed by atoms with Crippen molar-refractivity contribution in [1.29, 1.82) is 0 Å². The molecule has 34 heavy (non-hydrogen) atoms. The van der Waals surface area contributed by atoms with Crippen molar-refractivity contribution >= 4 is 68.1 Å². The molecule has 0 atom stereocenters.